The Bertz CT molecular complexity index is 879. The molecule has 0 saturated heterocycles. The minimum Gasteiger partial charge on any atom is -0.467 e. The first kappa shape index (κ1) is 17.6. The molecule has 2 heterocycles. The Hall–Kier alpha value is -2.82. The van der Waals surface area contributed by atoms with Crippen molar-refractivity contribution in [3.63, 3.8) is 0 Å². The average molecular weight is 364 g/mol. The van der Waals surface area contributed by atoms with Crippen molar-refractivity contribution < 1.29 is 14.3 Å². The molecule has 0 radical (unpaired) electrons. The summed E-state index contributed by atoms with van der Waals surface area (Å²) < 4.78 is 4.98. The van der Waals surface area contributed by atoms with Gasteiger partial charge in [-0.15, -0.1) is 0 Å². The number of ether oxygens (including phenoxy) is 1. The monoisotopic (exact) mass is 364 g/mol. The molecule has 0 aliphatic carbocycles. The number of hydrogen-bond acceptors (Lipinski definition) is 4. The Balaban J connectivity index is 1.58. The van der Waals surface area contributed by atoms with Crippen LogP contribution in [0.5, 0.6) is 0 Å². The Kier molecular flexibility index (Phi) is 4.60. The van der Waals surface area contributed by atoms with E-state index in [-0.39, 0.29) is 18.4 Å². The van der Waals surface area contributed by atoms with Crippen molar-refractivity contribution in [2.45, 2.75) is 31.8 Å². The number of para-hydroxylation sites is 1. The van der Waals surface area contributed by atoms with Crippen molar-refractivity contribution >= 4 is 17.6 Å². The minimum atomic E-state index is -0.562. The maximum absolute atomic E-state index is 13.2. The maximum Gasteiger partial charge on any atom is 0.328 e. The van der Waals surface area contributed by atoms with Gasteiger partial charge < -0.3 is 14.5 Å². The van der Waals surface area contributed by atoms with E-state index in [2.05, 4.69) is 24.0 Å². The number of carbonyl (C=O) groups is 2. The molecule has 4 rings (SSSR count). The summed E-state index contributed by atoms with van der Waals surface area (Å²) in [6.45, 7) is 3.72. The number of methoxy groups -OCH3 is 1. The largest absolute Gasteiger partial charge is 0.467 e. The van der Waals surface area contributed by atoms with Gasteiger partial charge in [-0.1, -0.05) is 49.4 Å². The van der Waals surface area contributed by atoms with Crippen LogP contribution in [0.1, 0.15) is 29.5 Å². The van der Waals surface area contributed by atoms with E-state index in [4.69, 9.17) is 4.74 Å². The Morgan fingerprint density at radius 2 is 1.78 bits per heavy atom. The molecule has 140 valence electrons. The van der Waals surface area contributed by atoms with Gasteiger partial charge in [0.2, 0.25) is 5.91 Å². The fourth-order valence-corrected chi connectivity index (χ4v) is 4.26. The molecule has 1 amide bonds. The quantitative estimate of drug-likeness (QED) is 0.786. The zero-order valence-electron chi connectivity index (χ0n) is 15.7. The first-order valence-electron chi connectivity index (χ1n) is 9.36. The lowest BCUT2D eigenvalue weighted by molar-refractivity contribution is -0.153. The summed E-state index contributed by atoms with van der Waals surface area (Å²) >= 11 is 0. The minimum absolute atomic E-state index is 0.0381. The first-order chi connectivity index (χ1) is 13.1. The van der Waals surface area contributed by atoms with Crippen LogP contribution in [0.4, 0.5) is 5.69 Å². The molecule has 2 aromatic rings. The zero-order chi connectivity index (χ0) is 19.0. The molecule has 0 aromatic heterocycles. The Morgan fingerprint density at radius 3 is 2.56 bits per heavy atom. The summed E-state index contributed by atoms with van der Waals surface area (Å²) in [6, 6.07) is 15.6. The lowest BCUT2D eigenvalue weighted by Crippen LogP contribution is -2.52. The Morgan fingerprint density at radius 1 is 1.07 bits per heavy atom. The van der Waals surface area contributed by atoms with Crippen LogP contribution in [0.2, 0.25) is 0 Å². The number of anilines is 1. The molecule has 0 spiro atoms. The predicted octanol–water partition coefficient (Wildman–Crippen LogP) is 2.74. The van der Waals surface area contributed by atoms with Gasteiger partial charge in [0, 0.05) is 31.1 Å². The molecule has 0 fully saturated rings. The highest BCUT2D eigenvalue weighted by Crippen LogP contribution is 2.35. The number of carbonyl (C=O) groups excluding carboxylic acids is 2. The van der Waals surface area contributed by atoms with Crippen LogP contribution in [0.15, 0.2) is 48.5 Å². The second kappa shape index (κ2) is 7.06. The summed E-state index contributed by atoms with van der Waals surface area (Å²) in [5, 5.41) is 0. The van der Waals surface area contributed by atoms with Crippen molar-refractivity contribution in [2.75, 3.05) is 25.1 Å². The fourth-order valence-electron chi connectivity index (χ4n) is 4.26. The molecular weight excluding hydrogens is 340 g/mol. The standard InChI is InChI=1S/C22H24N2O3/c1-15-12-23(19-10-6-5-9-18(15)19)14-21(25)24-13-17-8-4-3-7-16(17)11-20(24)22(26)27-2/h3-10,15,20H,11-14H2,1-2H3. The van der Waals surface area contributed by atoms with Crippen molar-refractivity contribution in [3.05, 3.63) is 65.2 Å². The molecule has 2 aliphatic heterocycles. The van der Waals surface area contributed by atoms with Crippen molar-refractivity contribution in [2.24, 2.45) is 0 Å². The van der Waals surface area contributed by atoms with Crippen LogP contribution in [-0.2, 0) is 27.3 Å². The maximum atomic E-state index is 13.2. The van der Waals surface area contributed by atoms with Crippen molar-refractivity contribution in [1.29, 1.82) is 0 Å². The molecule has 27 heavy (non-hydrogen) atoms. The summed E-state index contributed by atoms with van der Waals surface area (Å²) in [7, 11) is 1.38. The number of amides is 1. The van der Waals surface area contributed by atoms with Crippen molar-refractivity contribution in [1.82, 2.24) is 4.90 Å². The van der Waals surface area contributed by atoms with E-state index < -0.39 is 6.04 Å². The lowest BCUT2D eigenvalue weighted by Gasteiger charge is -2.36. The van der Waals surface area contributed by atoms with Gasteiger partial charge in [-0.05, 0) is 22.8 Å². The molecule has 5 heteroatoms. The molecule has 2 unspecified atom stereocenters. The van der Waals surface area contributed by atoms with E-state index in [1.165, 1.54) is 12.7 Å². The number of esters is 1. The molecule has 0 bridgehead atoms. The number of rotatable bonds is 3. The normalized spacial score (nSPS) is 20.8. The summed E-state index contributed by atoms with van der Waals surface area (Å²) in [4.78, 5) is 29.3. The van der Waals surface area contributed by atoms with E-state index in [1.54, 1.807) is 4.90 Å². The van der Waals surface area contributed by atoms with Gasteiger partial charge in [0.1, 0.15) is 6.04 Å². The van der Waals surface area contributed by atoms with E-state index in [9.17, 15) is 9.59 Å². The molecular formula is C22H24N2O3. The summed E-state index contributed by atoms with van der Waals surface area (Å²) in [5.74, 6) is 0.00401. The number of benzene rings is 2. The van der Waals surface area contributed by atoms with Crippen molar-refractivity contribution in [3.8, 4) is 0 Å². The smallest absolute Gasteiger partial charge is 0.328 e. The lowest BCUT2D eigenvalue weighted by atomic mass is 9.94. The third-order valence-electron chi connectivity index (χ3n) is 5.67. The van der Waals surface area contributed by atoms with Crippen LogP contribution < -0.4 is 4.90 Å². The predicted molar refractivity (Wildman–Crippen MR) is 104 cm³/mol. The first-order valence-corrected chi connectivity index (χ1v) is 9.36. The number of fused-ring (bicyclic) bond motifs is 2. The highest BCUT2D eigenvalue weighted by atomic mass is 16.5. The third kappa shape index (κ3) is 3.18. The third-order valence-corrected chi connectivity index (χ3v) is 5.67. The average Bonchev–Trinajstić information content (AvgIpc) is 3.02. The molecule has 0 N–H and O–H groups in total. The van der Waals surface area contributed by atoms with Gasteiger partial charge in [0.05, 0.1) is 13.7 Å². The SMILES string of the molecule is COC(=O)C1Cc2ccccc2CN1C(=O)CN1CC(C)c2ccccc21. The van der Waals surface area contributed by atoms with Crippen LogP contribution in [0.3, 0.4) is 0 Å². The van der Waals surface area contributed by atoms with Crippen LogP contribution >= 0.6 is 0 Å². The van der Waals surface area contributed by atoms with E-state index in [1.807, 2.05) is 36.4 Å². The van der Waals surface area contributed by atoms with Gasteiger partial charge in [-0.2, -0.15) is 0 Å². The fraction of sp³-hybridized carbons (Fsp3) is 0.364. The van der Waals surface area contributed by atoms with Crippen LogP contribution in [0.25, 0.3) is 0 Å². The van der Waals surface area contributed by atoms with Gasteiger partial charge in [-0.25, -0.2) is 4.79 Å². The van der Waals surface area contributed by atoms with Crippen LogP contribution in [-0.4, -0.2) is 43.0 Å². The van der Waals surface area contributed by atoms with Gasteiger partial charge >= 0.3 is 5.97 Å². The second-order valence-corrected chi connectivity index (χ2v) is 7.37. The van der Waals surface area contributed by atoms with Gasteiger partial charge in [0.25, 0.3) is 0 Å². The summed E-state index contributed by atoms with van der Waals surface area (Å²) in [5.41, 5.74) is 4.60. The van der Waals surface area contributed by atoms with E-state index in [0.29, 0.717) is 18.9 Å². The molecule has 2 aliphatic rings. The Labute approximate surface area is 159 Å². The highest BCUT2D eigenvalue weighted by molar-refractivity contribution is 5.88. The zero-order valence-corrected chi connectivity index (χ0v) is 15.7. The molecule has 2 atom stereocenters. The highest BCUT2D eigenvalue weighted by Gasteiger charge is 2.36. The molecule has 5 nitrogen and oxygen atoms in total. The topological polar surface area (TPSA) is 49.9 Å². The molecule has 2 aromatic carbocycles. The summed E-state index contributed by atoms with van der Waals surface area (Å²) in [6.07, 6.45) is 0.502. The van der Waals surface area contributed by atoms with Crippen LogP contribution in [0, 0.1) is 0 Å². The number of nitrogens with zero attached hydrogens (tertiary/aromatic N) is 2. The molecule has 0 saturated carbocycles. The van der Waals surface area contributed by atoms with Gasteiger partial charge in [0.15, 0.2) is 0 Å². The van der Waals surface area contributed by atoms with Gasteiger partial charge in [-0.3, -0.25) is 4.79 Å². The van der Waals surface area contributed by atoms with E-state index in [0.717, 1.165) is 23.4 Å². The second-order valence-electron chi connectivity index (χ2n) is 7.37. The van der Waals surface area contributed by atoms with E-state index >= 15 is 0 Å². The number of hydrogen-bond donors (Lipinski definition) is 0.